The Labute approximate surface area is 121 Å². The van der Waals surface area contributed by atoms with Crippen molar-refractivity contribution in [2.75, 3.05) is 33.4 Å². The summed E-state index contributed by atoms with van der Waals surface area (Å²) in [6.45, 7) is 2.56. The molecule has 1 heterocycles. The molecule has 0 aromatic heterocycles. The van der Waals surface area contributed by atoms with E-state index in [-0.39, 0.29) is 5.91 Å². The Morgan fingerprint density at radius 2 is 2.16 bits per heavy atom. The van der Waals surface area contributed by atoms with Gasteiger partial charge in [-0.1, -0.05) is 6.07 Å². The summed E-state index contributed by atoms with van der Waals surface area (Å²) in [5.74, 6) is 0.798. The lowest BCUT2D eigenvalue weighted by atomic mass is 10.2. The second-order valence-electron chi connectivity index (χ2n) is 4.16. The molecule has 1 aliphatic rings. The van der Waals surface area contributed by atoms with Crippen LogP contribution in [0.2, 0.25) is 0 Å². The first-order valence-electron chi connectivity index (χ1n) is 6.09. The number of rotatable bonds is 3. The highest BCUT2D eigenvalue weighted by Crippen LogP contribution is 2.25. The average molecular weight is 326 g/mol. The van der Waals surface area contributed by atoms with Crippen LogP contribution in [0.25, 0.3) is 6.08 Å². The molecule has 1 amide bonds. The number of nitrogens with zero attached hydrogens (tertiary/aromatic N) is 1. The lowest BCUT2D eigenvalue weighted by Crippen LogP contribution is -2.39. The number of halogens is 1. The van der Waals surface area contributed by atoms with Crippen LogP contribution in [0.15, 0.2) is 28.7 Å². The molecule has 0 radical (unpaired) electrons. The summed E-state index contributed by atoms with van der Waals surface area (Å²) in [6.07, 6.45) is 3.40. The van der Waals surface area contributed by atoms with Gasteiger partial charge in [-0.15, -0.1) is 0 Å². The number of hydrogen-bond donors (Lipinski definition) is 0. The van der Waals surface area contributed by atoms with Crippen molar-refractivity contribution in [3.05, 3.63) is 34.3 Å². The molecule has 0 N–H and O–H groups in total. The normalized spacial score (nSPS) is 15.8. The highest BCUT2D eigenvalue weighted by Gasteiger charge is 2.13. The van der Waals surface area contributed by atoms with Gasteiger partial charge in [0.2, 0.25) is 5.91 Å². The lowest BCUT2D eigenvalue weighted by Gasteiger charge is -2.25. The van der Waals surface area contributed by atoms with Crippen LogP contribution in [0, 0.1) is 0 Å². The van der Waals surface area contributed by atoms with E-state index in [4.69, 9.17) is 9.47 Å². The molecule has 0 bridgehead atoms. The molecule has 102 valence electrons. The smallest absolute Gasteiger partial charge is 0.246 e. The quantitative estimate of drug-likeness (QED) is 0.801. The molecule has 5 heteroatoms. The number of hydrogen-bond acceptors (Lipinski definition) is 3. The summed E-state index contributed by atoms with van der Waals surface area (Å²) >= 11 is 3.42. The van der Waals surface area contributed by atoms with Gasteiger partial charge in [-0.3, -0.25) is 4.79 Å². The Balaban J connectivity index is 2.01. The van der Waals surface area contributed by atoms with Crippen LogP contribution in [-0.2, 0) is 9.53 Å². The maximum Gasteiger partial charge on any atom is 0.246 e. The van der Waals surface area contributed by atoms with Crippen molar-refractivity contribution < 1.29 is 14.3 Å². The Morgan fingerprint density at radius 3 is 2.79 bits per heavy atom. The van der Waals surface area contributed by atoms with Crippen molar-refractivity contribution >= 4 is 27.9 Å². The van der Waals surface area contributed by atoms with Crippen molar-refractivity contribution in [3.8, 4) is 5.75 Å². The molecule has 1 aromatic carbocycles. The van der Waals surface area contributed by atoms with E-state index in [0.29, 0.717) is 26.3 Å². The van der Waals surface area contributed by atoms with E-state index in [9.17, 15) is 4.79 Å². The molecule has 19 heavy (non-hydrogen) atoms. The molecule has 1 aromatic rings. The van der Waals surface area contributed by atoms with Gasteiger partial charge in [0.1, 0.15) is 5.75 Å². The lowest BCUT2D eigenvalue weighted by molar-refractivity contribution is -0.129. The molecule has 4 nitrogen and oxygen atoms in total. The predicted molar refractivity (Wildman–Crippen MR) is 77.1 cm³/mol. The van der Waals surface area contributed by atoms with Crippen LogP contribution in [0.3, 0.4) is 0 Å². The molecular formula is C14H16BrNO3. The molecule has 1 saturated heterocycles. The topological polar surface area (TPSA) is 38.8 Å². The third-order valence-corrected chi connectivity index (χ3v) is 3.54. The van der Waals surface area contributed by atoms with Crippen LogP contribution in [-0.4, -0.2) is 44.2 Å². The highest BCUT2D eigenvalue weighted by atomic mass is 79.9. The van der Waals surface area contributed by atoms with Crippen molar-refractivity contribution in [1.82, 2.24) is 4.90 Å². The number of morpholine rings is 1. The Hall–Kier alpha value is -1.33. The zero-order chi connectivity index (χ0) is 13.7. The zero-order valence-corrected chi connectivity index (χ0v) is 12.4. The highest BCUT2D eigenvalue weighted by molar-refractivity contribution is 9.10. The van der Waals surface area contributed by atoms with E-state index in [1.807, 2.05) is 24.3 Å². The predicted octanol–water partition coefficient (Wildman–Crippen LogP) is 2.33. The van der Waals surface area contributed by atoms with E-state index < -0.39 is 0 Å². The standard InChI is InChI=1S/C14H16BrNO3/c1-18-13-4-2-11(10-12(13)15)3-5-14(17)16-6-8-19-9-7-16/h2-5,10H,6-9H2,1H3/b5-3+. The molecule has 0 saturated carbocycles. The summed E-state index contributed by atoms with van der Waals surface area (Å²) in [6, 6.07) is 5.69. The molecule has 0 aliphatic carbocycles. The number of ether oxygens (including phenoxy) is 2. The Morgan fingerprint density at radius 1 is 1.42 bits per heavy atom. The molecule has 0 spiro atoms. The number of carbonyl (C=O) groups excluding carboxylic acids is 1. The second kappa shape index (κ2) is 6.73. The van der Waals surface area contributed by atoms with Gasteiger partial charge < -0.3 is 14.4 Å². The third-order valence-electron chi connectivity index (χ3n) is 2.92. The number of amides is 1. The fourth-order valence-corrected chi connectivity index (χ4v) is 2.40. The van der Waals surface area contributed by atoms with E-state index in [1.54, 1.807) is 18.1 Å². The van der Waals surface area contributed by atoms with Crippen molar-refractivity contribution in [1.29, 1.82) is 0 Å². The van der Waals surface area contributed by atoms with Crippen molar-refractivity contribution in [2.45, 2.75) is 0 Å². The fraction of sp³-hybridized carbons (Fsp3) is 0.357. The molecular weight excluding hydrogens is 310 g/mol. The van der Waals surface area contributed by atoms with Crippen LogP contribution in [0.1, 0.15) is 5.56 Å². The summed E-state index contributed by atoms with van der Waals surface area (Å²) in [5, 5.41) is 0. The van der Waals surface area contributed by atoms with Gasteiger partial charge in [0, 0.05) is 19.2 Å². The average Bonchev–Trinajstić information content (AvgIpc) is 2.46. The maximum absolute atomic E-state index is 11.9. The van der Waals surface area contributed by atoms with Crippen molar-refractivity contribution in [2.24, 2.45) is 0 Å². The molecule has 2 rings (SSSR count). The van der Waals surface area contributed by atoms with Gasteiger partial charge in [-0.25, -0.2) is 0 Å². The van der Waals surface area contributed by atoms with Gasteiger partial charge in [-0.2, -0.15) is 0 Å². The SMILES string of the molecule is COc1ccc(/C=C/C(=O)N2CCOCC2)cc1Br. The second-order valence-corrected chi connectivity index (χ2v) is 5.02. The summed E-state index contributed by atoms with van der Waals surface area (Å²) in [5.41, 5.74) is 0.953. The van der Waals surface area contributed by atoms with Gasteiger partial charge >= 0.3 is 0 Å². The summed E-state index contributed by atoms with van der Waals surface area (Å²) in [4.78, 5) is 13.7. The van der Waals surface area contributed by atoms with Gasteiger partial charge in [0.25, 0.3) is 0 Å². The molecule has 0 unspecified atom stereocenters. The molecule has 0 atom stereocenters. The Kier molecular flexibility index (Phi) is 4.99. The number of carbonyl (C=O) groups is 1. The van der Waals surface area contributed by atoms with Crippen LogP contribution >= 0.6 is 15.9 Å². The van der Waals surface area contributed by atoms with E-state index in [1.165, 1.54) is 0 Å². The number of benzene rings is 1. The molecule has 1 fully saturated rings. The monoisotopic (exact) mass is 325 g/mol. The first-order chi connectivity index (χ1) is 9.20. The van der Waals surface area contributed by atoms with Crippen LogP contribution in [0.5, 0.6) is 5.75 Å². The van der Waals surface area contributed by atoms with E-state index in [2.05, 4.69) is 15.9 Å². The minimum atomic E-state index is 0.0234. The fourth-order valence-electron chi connectivity index (χ4n) is 1.84. The van der Waals surface area contributed by atoms with Gasteiger partial charge in [-0.05, 0) is 39.7 Å². The van der Waals surface area contributed by atoms with E-state index in [0.717, 1.165) is 15.8 Å². The van der Waals surface area contributed by atoms with Crippen LogP contribution in [0.4, 0.5) is 0 Å². The zero-order valence-electron chi connectivity index (χ0n) is 10.8. The maximum atomic E-state index is 11.9. The first kappa shape index (κ1) is 14.1. The first-order valence-corrected chi connectivity index (χ1v) is 6.88. The largest absolute Gasteiger partial charge is 0.496 e. The van der Waals surface area contributed by atoms with Crippen molar-refractivity contribution in [3.63, 3.8) is 0 Å². The third kappa shape index (κ3) is 3.81. The number of methoxy groups -OCH3 is 1. The molecule has 1 aliphatic heterocycles. The van der Waals surface area contributed by atoms with Gasteiger partial charge in [0.05, 0.1) is 24.8 Å². The van der Waals surface area contributed by atoms with E-state index >= 15 is 0 Å². The Bertz CT molecular complexity index is 482. The minimum absolute atomic E-state index is 0.0234. The summed E-state index contributed by atoms with van der Waals surface area (Å²) in [7, 11) is 1.62. The van der Waals surface area contributed by atoms with Crippen LogP contribution < -0.4 is 4.74 Å². The van der Waals surface area contributed by atoms with Gasteiger partial charge in [0.15, 0.2) is 0 Å². The minimum Gasteiger partial charge on any atom is -0.496 e. The summed E-state index contributed by atoms with van der Waals surface area (Å²) < 4.78 is 11.2.